The van der Waals surface area contributed by atoms with Crippen molar-refractivity contribution in [2.24, 2.45) is 0 Å². The first-order valence-electron chi connectivity index (χ1n) is 4.99. The number of hydrogen-bond donors (Lipinski definition) is 2. The number of H-pyrrole nitrogens is 1. The number of aromatic amines is 1. The highest BCUT2D eigenvalue weighted by Crippen LogP contribution is 2.21. The summed E-state index contributed by atoms with van der Waals surface area (Å²) in [4.78, 5) is 4.37. The molecular weight excluding hydrogens is 200 g/mol. The second kappa shape index (κ2) is 3.34. The zero-order valence-corrected chi connectivity index (χ0v) is 8.51. The van der Waals surface area contributed by atoms with Gasteiger partial charge in [-0.15, -0.1) is 0 Å². The first-order valence-corrected chi connectivity index (χ1v) is 4.99. The standard InChI is InChI=1S/C12H10N4/c13-12-6-11(15-16-12)9-5-8-3-1-2-4-10(8)14-7-9/h1-7H,(H3,13,15,16). The van der Waals surface area contributed by atoms with Gasteiger partial charge >= 0.3 is 0 Å². The number of nitrogens with one attached hydrogen (secondary N) is 1. The molecule has 0 unspecified atom stereocenters. The Bertz CT molecular complexity index is 642. The Balaban J connectivity index is 2.18. The summed E-state index contributed by atoms with van der Waals surface area (Å²) < 4.78 is 0. The molecule has 4 heteroatoms. The minimum Gasteiger partial charge on any atom is -0.384 e. The lowest BCUT2D eigenvalue weighted by molar-refractivity contribution is 1.10. The molecule has 0 radical (unpaired) electrons. The number of para-hydroxylation sites is 1. The van der Waals surface area contributed by atoms with E-state index in [1.54, 1.807) is 12.3 Å². The fraction of sp³-hybridized carbons (Fsp3) is 0. The van der Waals surface area contributed by atoms with Crippen molar-refractivity contribution >= 4 is 16.7 Å². The predicted molar refractivity (Wildman–Crippen MR) is 63.7 cm³/mol. The van der Waals surface area contributed by atoms with Crippen molar-refractivity contribution in [2.75, 3.05) is 5.73 Å². The van der Waals surface area contributed by atoms with Crippen molar-refractivity contribution in [2.45, 2.75) is 0 Å². The van der Waals surface area contributed by atoms with Crippen molar-refractivity contribution in [3.8, 4) is 11.3 Å². The zero-order valence-electron chi connectivity index (χ0n) is 8.51. The van der Waals surface area contributed by atoms with Gasteiger partial charge in [0, 0.05) is 23.2 Å². The van der Waals surface area contributed by atoms with Gasteiger partial charge in [0.25, 0.3) is 0 Å². The SMILES string of the molecule is Nc1cc(-c2cnc3ccccc3c2)n[nH]1. The molecular formula is C12H10N4. The Labute approximate surface area is 92.1 Å². The lowest BCUT2D eigenvalue weighted by Gasteiger charge is -1.99. The molecule has 0 saturated heterocycles. The summed E-state index contributed by atoms with van der Waals surface area (Å²) in [5.74, 6) is 0.558. The molecule has 0 fully saturated rings. The van der Waals surface area contributed by atoms with E-state index in [1.807, 2.05) is 24.3 Å². The molecule has 3 N–H and O–H groups in total. The minimum atomic E-state index is 0.558. The summed E-state index contributed by atoms with van der Waals surface area (Å²) in [5, 5.41) is 7.92. The highest BCUT2D eigenvalue weighted by molar-refractivity contribution is 5.82. The van der Waals surface area contributed by atoms with Crippen LogP contribution in [0.4, 0.5) is 5.82 Å². The number of fused-ring (bicyclic) bond motifs is 1. The molecule has 0 atom stereocenters. The van der Waals surface area contributed by atoms with Crippen LogP contribution in [0, 0.1) is 0 Å². The van der Waals surface area contributed by atoms with Gasteiger partial charge in [-0.1, -0.05) is 18.2 Å². The summed E-state index contributed by atoms with van der Waals surface area (Å²) in [5.41, 5.74) is 8.35. The molecule has 0 amide bonds. The average Bonchev–Trinajstić information content (AvgIpc) is 2.75. The maximum absolute atomic E-state index is 5.59. The van der Waals surface area contributed by atoms with E-state index in [2.05, 4.69) is 21.2 Å². The summed E-state index contributed by atoms with van der Waals surface area (Å²) in [7, 11) is 0. The average molecular weight is 210 g/mol. The molecule has 0 aliphatic rings. The van der Waals surface area contributed by atoms with Gasteiger partial charge in [-0.3, -0.25) is 10.1 Å². The van der Waals surface area contributed by atoms with Crippen LogP contribution in [0.2, 0.25) is 0 Å². The lowest BCUT2D eigenvalue weighted by atomic mass is 10.1. The zero-order chi connectivity index (χ0) is 11.0. The van der Waals surface area contributed by atoms with Crippen molar-refractivity contribution < 1.29 is 0 Å². The number of nitrogens with two attached hydrogens (primary N) is 1. The molecule has 2 aromatic heterocycles. The van der Waals surface area contributed by atoms with Crippen molar-refractivity contribution in [1.82, 2.24) is 15.2 Å². The third-order valence-corrected chi connectivity index (χ3v) is 2.48. The van der Waals surface area contributed by atoms with E-state index in [9.17, 15) is 0 Å². The molecule has 0 spiro atoms. The summed E-state index contributed by atoms with van der Waals surface area (Å²) in [6.07, 6.45) is 1.80. The van der Waals surface area contributed by atoms with Crippen LogP contribution in [-0.2, 0) is 0 Å². The number of nitrogens with zero attached hydrogens (tertiary/aromatic N) is 2. The van der Waals surface area contributed by atoms with Crippen molar-refractivity contribution in [3.63, 3.8) is 0 Å². The molecule has 0 saturated carbocycles. The van der Waals surface area contributed by atoms with E-state index in [0.717, 1.165) is 22.2 Å². The third kappa shape index (κ3) is 1.40. The van der Waals surface area contributed by atoms with E-state index < -0.39 is 0 Å². The van der Waals surface area contributed by atoms with Gasteiger partial charge in [0.1, 0.15) is 5.82 Å². The molecule has 0 aliphatic carbocycles. The maximum Gasteiger partial charge on any atom is 0.119 e. The van der Waals surface area contributed by atoms with E-state index in [4.69, 9.17) is 5.73 Å². The Morgan fingerprint density at radius 2 is 2.00 bits per heavy atom. The van der Waals surface area contributed by atoms with Gasteiger partial charge in [0.15, 0.2) is 0 Å². The molecule has 0 bridgehead atoms. The van der Waals surface area contributed by atoms with Crippen LogP contribution in [0.5, 0.6) is 0 Å². The van der Waals surface area contributed by atoms with Gasteiger partial charge < -0.3 is 5.73 Å². The van der Waals surface area contributed by atoms with Crippen LogP contribution in [-0.4, -0.2) is 15.2 Å². The number of rotatable bonds is 1. The lowest BCUT2D eigenvalue weighted by Crippen LogP contribution is -1.82. The second-order valence-electron chi connectivity index (χ2n) is 3.63. The first kappa shape index (κ1) is 8.91. The first-order chi connectivity index (χ1) is 7.83. The van der Waals surface area contributed by atoms with Crippen LogP contribution < -0.4 is 5.73 Å². The molecule has 0 aliphatic heterocycles. The van der Waals surface area contributed by atoms with Crippen molar-refractivity contribution in [3.05, 3.63) is 42.6 Å². The van der Waals surface area contributed by atoms with Crippen LogP contribution in [0.25, 0.3) is 22.2 Å². The summed E-state index contributed by atoms with van der Waals surface area (Å²) >= 11 is 0. The Hall–Kier alpha value is -2.36. The molecule has 3 rings (SSSR count). The van der Waals surface area contributed by atoms with E-state index in [0.29, 0.717) is 5.82 Å². The number of aromatic nitrogens is 3. The highest BCUT2D eigenvalue weighted by atomic mass is 15.2. The van der Waals surface area contributed by atoms with Gasteiger partial charge in [-0.2, -0.15) is 5.10 Å². The Morgan fingerprint density at radius 3 is 2.81 bits per heavy atom. The van der Waals surface area contributed by atoms with Gasteiger partial charge in [0.2, 0.25) is 0 Å². The Kier molecular flexibility index (Phi) is 1.86. The topological polar surface area (TPSA) is 67.6 Å². The fourth-order valence-electron chi connectivity index (χ4n) is 1.70. The van der Waals surface area contributed by atoms with E-state index in [1.165, 1.54) is 0 Å². The monoisotopic (exact) mass is 210 g/mol. The van der Waals surface area contributed by atoms with Gasteiger partial charge in [0.05, 0.1) is 11.2 Å². The quantitative estimate of drug-likeness (QED) is 0.647. The van der Waals surface area contributed by atoms with E-state index >= 15 is 0 Å². The molecule has 1 aromatic carbocycles. The number of benzene rings is 1. The minimum absolute atomic E-state index is 0.558. The van der Waals surface area contributed by atoms with E-state index in [-0.39, 0.29) is 0 Å². The van der Waals surface area contributed by atoms with Crippen LogP contribution in [0.1, 0.15) is 0 Å². The highest BCUT2D eigenvalue weighted by Gasteiger charge is 2.03. The maximum atomic E-state index is 5.59. The smallest absolute Gasteiger partial charge is 0.119 e. The molecule has 78 valence electrons. The number of hydrogen-bond acceptors (Lipinski definition) is 3. The van der Waals surface area contributed by atoms with Crippen LogP contribution >= 0.6 is 0 Å². The normalized spacial score (nSPS) is 10.8. The van der Waals surface area contributed by atoms with Crippen molar-refractivity contribution in [1.29, 1.82) is 0 Å². The second-order valence-corrected chi connectivity index (χ2v) is 3.63. The molecule has 3 aromatic rings. The van der Waals surface area contributed by atoms with Crippen LogP contribution in [0.3, 0.4) is 0 Å². The molecule has 4 nitrogen and oxygen atoms in total. The predicted octanol–water partition coefficient (Wildman–Crippen LogP) is 2.21. The Morgan fingerprint density at radius 1 is 1.12 bits per heavy atom. The fourth-order valence-corrected chi connectivity index (χ4v) is 1.70. The summed E-state index contributed by atoms with van der Waals surface area (Å²) in [6.45, 7) is 0. The number of pyridine rings is 1. The van der Waals surface area contributed by atoms with Crippen LogP contribution in [0.15, 0.2) is 42.6 Å². The molecule has 16 heavy (non-hydrogen) atoms. The van der Waals surface area contributed by atoms with Gasteiger partial charge in [-0.05, 0) is 12.1 Å². The summed E-state index contributed by atoms with van der Waals surface area (Å²) in [6, 6.07) is 11.8. The third-order valence-electron chi connectivity index (χ3n) is 2.48. The van der Waals surface area contributed by atoms with Gasteiger partial charge in [-0.25, -0.2) is 0 Å². The largest absolute Gasteiger partial charge is 0.384 e. The number of nitrogen functional groups attached to an aromatic ring is 1. The number of anilines is 1. The molecule has 2 heterocycles.